The lowest BCUT2D eigenvalue weighted by Gasteiger charge is -2.20. The number of carbonyl (C=O) groups excluding carboxylic acids is 1. The van der Waals surface area contributed by atoms with Crippen molar-refractivity contribution in [3.63, 3.8) is 0 Å². The van der Waals surface area contributed by atoms with Crippen molar-refractivity contribution in [2.45, 2.75) is 13.5 Å². The van der Waals surface area contributed by atoms with Crippen molar-refractivity contribution in [3.8, 4) is 23.0 Å². The lowest BCUT2D eigenvalue weighted by molar-refractivity contribution is -0.126. The van der Waals surface area contributed by atoms with E-state index in [0.717, 1.165) is 11.1 Å². The molecule has 0 spiro atoms. The van der Waals surface area contributed by atoms with Crippen LogP contribution in [0.15, 0.2) is 36.4 Å². The van der Waals surface area contributed by atoms with Gasteiger partial charge in [0.15, 0.2) is 23.0 Å². The Morgan fingerprint density at radius 3 is 2.68 bits per heavy atom. The lowest BCUT2D eigenvalue weighted by Crippen LogP contribution is -2.28. The molecule has 1 heterocycles. The normalized spacial score (nSPS) is 12.3. The van der Waals surface area contributed by atoms with Crippen LogP contribution in [0.3, 0.4) is 0 Å². The first kappa shape index (κ1) is 19.9. The maximum Gasteiger partial charge on any atom is 0.246 e. The third kappa shape index (κ3) is 4.34. The molecule has 0 saturated heterocycles. The van der Waals surface area contributed by atoms with E-state index in [1.165, 1.54) is 6.08 Å². The van der Waals surface area contributed by atoms with Crippen LogP contribution in [0, 0.1) is 0 Å². The van der Waals surface area contributed by atoms with Crippen molar-refractivity contribution in [1.29, 1.82) is 0 Å². The van der Waals surface area contributed by atoms with Crippen molar-refractivity contribution in [1.82, 2.24) is 4.90 Å². The van der Waals surface area contributed by atoms with Crippen LogP contribution in [-0.2, 0) is 11.3 Å². The molecule has 0 bridgehead atoms. The number of fused-ring (bicyclic) bond motifs is 1. The van der Waals surface area contributed by atoms with Crippen molar-refractivity contribution < 1.29 is 23.7 Å². The lowest BCUT2D eigenvalue weighted by atomic mass is 10.1. The number of hydrogen-bond donors (Lipinski definition) is 0. The van der Waals surface area contributed by atoms with Crippen molar-refractivity contribution in [2.24, 2.45) is 0 Å². The van der Waals surface area contributed by atoms with Gasteiger partial charge in [0.1, 0.15) is 0 Å². The van der Waals surface area contributed by atoms with E-state index in [2.05, 4.69) is 0 Å². The molecule has 0 fully saturated rings. The van der Waals surface area contributed by atoms with E-state index in [1.807, 2.05) is 25.1 Å². The summed E-state index contributed by atoms with van der Waals surface area (Å²) in [5.41, 5.74) is 1.72. The minimum atomic E-state index is -0.105. The van der Waals surface area contributed by atoms with E-state index in [1.54, 1.807) is 37.3 Å². The molecule has 7 heteroatoms. The van der Waals surface area contributed by atoms with Gasteiger partial charge in [-0.05, 0) is 48.4 Å². The van der Waals surface area contributed by atoms with Gasteiger partial charge in [0.2, 0.25) is 12.7 Å². The summed E-state index contributed by atoms with van der Waals surface area (Å²) in [6.07, 6.45) is 3.24. The zero-order chi connectivity index (χ0) is 20.1. The Hall–Kier alpha value is -2.86. The Balaban J connectivity index is 1.72. The molecule has 148 valence electrons. The molecule has 1 aliphatic heterocycles. The quantitative estimate of drug-likeness (QED) is 0.650. The molecular weight excluding hydrogens is 382 g/mol. The fraction of sp³-hybridized carbons (Fsp3) is 0.286. The molecule has 2 aromatic carbocycles. The van der Waals surface area contributed by atoms with E-state index in [-0.39, 0.29) is 12.7 Å². The SMILES string of the molecule is CCN(Cc1ccc(OC)c(OC)c1)C(=O)/C=C/c1cc(Cl)c2c(c1)OCO2. The summed E-state index contributed by atoms with van der Waals surface area (Å²) in [7, 11) is 3.18. The van der Waals surface area contributed by atoms with Gasteiger partial charge in [-0.15, -0.1) is 0 Å². The minimum absolute atomic E-state index is 0.105. The molecule has 1 amide bonds. The number of methoxy groups -OCH3 is 2. The van der Waals surface area contributed by atoms with Crippen LogP contribution in [0.25, 0.3) is 6.08 Å². The van der Waals surface area contributed by atoms with Gasteiger partial charge in [-0.25, -0.2) is 0 Å². The zero-order valence-electron chi connectivity index (χ0n) is 16.0. The average Bonchev–Trinajstić information content (AvgIpc) is 3.19. The number of hydrogen-bond acceptors (Lipinski definition) is 5. The molecule has 28 heavy (non-hydrogen) atoms. The molecule has 0 N–H and O–H groups in total. The molecule has 1 aliphatic rings. The number of rotatable bonds is 7. The number of amides is 1. The maximum atomic E-state index is 12.6. The van der Waals surface area contributed by atoms with Crippen LogP contribution in [0.1, 0.15) is 18.1 Å². The van der Waals surface area contributed by atoms with Crippen LogP contribution < -0.4 is 18.9 Å². The third-order valence-corrected chi connectivity index (χ3v) is 4.66. The summed E-state index contributed by atoms with van der Waals surface area (Å²) in [6.45, 7) is 3.11. The number of nitrogens with zero attached hydrogens (tertiary/aromatic N) is 1. The summed E-state index contributed by atoms with van der Waals surface area (Å²) >= 11 is 6.18. The highest BCUT2D eigenvalue weighted by atomic mass is 35.5. The Morgan fingerprint density at radius 1 is 1.18 bits per heavy atom. The Morgan fingerprint density at radius 2 is 1.96 bits per heavy atom. The Kier molecular flexibility index (Phi) is 6.31. The summed E-state index contributed by atoms with van der Waals surface area (Å²) in [4.78, 5) is 14.4. The topological polar surface area (TPSA) is 57.2 Å². The van der Waals surface area contributed by atoms with Gasteiger partial charge >= 0.3 is 0 Å². The average molecular weight is 404 g/mol. The van der Waals surface area contributed by atoms with Crippen LogP contribution in [0.4, 0.5) is 0 Å². The summed E-state index contributed by atoms with van der Waals surface area (Å²) in [5, 5.41) is 0.458. The molecule has 0 radical (unpaired) electrons. The first-order chi connectivity index (χ1) is 13.5. The molecule has 0 unspecified atom stereocenters. The van der Waals surface area contributed by atoms with Gasteiger partial charge in [-0.2, -0.15) is 0 Å². The molecular formula is C21H22ClNO5. The number of halogens is 1. The Bertz CT molecular complexity index is 897. The second-order valence-corrected chi connectivity index (χ2v) is 6.52. The van der Waals surface area contributed by atoms with E-state index in [9.17, 15) is 4.79 Å². The van der Waals surface area contributed by atoms with Crippen molar-refractivity contribution in [3.05, 3.63) is 52.6 Å². The number of ether oxygens (including phenoxy) is 4. The second-order valence-electron chi connectivity index (χ2n) is 6.11. The fourth-order valence-electron chi connectivity index (χ4n) is 2.90. The first-order valence-electron chi connectivity index (χ1n) is 8.82. The number of benzene rings is 2. The smallest absolute Gasteiger partial charge is 0.246 e. The van der Waals surface area contributed by atoms with E-state index in [0.29, 0.717) is 41.1 Å². The van der Waals surface area contributed by atoms with Gasteiger partial charge in [0.05, 0.1) is 19.2 Å². The minimum Gasteiger partial charge on any atom is -0.493 e. The van der Waals surface area contributed by atoms with Gasteiger partial charge in [-0.1, -0.05) is 17.7 Å². The van der Waals surface area contributed by atoms with E-state index >= 15 is 0 Å². The van der Waals surface area contributed by atoms with Crippen LogP contribution in [0.5, 0.6) is 23.0 Å². The molecule has 3 rings (SSSR count). The highest BCUT2D eigenvalue weighted by Gasteiger charge is 2.18. The number of likely N-dealkylation sites (N-methyl/N-ethyl adjacent to an activating group) is 1. The standard InChI is InChI=1S/C21H22ClNO5/c1-4-23(12-15-5-7-17(25-2)18(11-15)26-3)20(24)8-6-14-9-16(22)21-19(10-14)27-13-28-21/h5-11H,4,12-13H2,1-3H3/b8-6+. The van der Waals surface area contributed by atoms with Crippen molar-refractivity contribution in [2.75, 3.05) is 27.6 Å². The Labute approximate surface area is 169 Å². The van der Waals surface area contributed by atoms with Crippen LogP contribution in [-0.4, -0.2) is 38.4 Å². The largest absolute Gasteiger partial charge is 0.493 e. The van der Waals surface area contributed by atoms with E-state index in [4.69, 9.17) is 30.5 Å². The first-order valence-corrected chi connectivity index (χ1v) is 9.20. The number of carbonyl (C=O) groups is 1. The van der Waals surface area contributed by atoms with Gasteiger partial charge < -0.3 is 23.8 Å². The highest BCUT2D eigenvalue weighted by Crippen LogP contribution is 2.40. The molecule has 0 aliphatic carbocycles. The third-order valence-electron chi connectivity index (χ3n) is 4.38. The van der Waals surface area contributed by atoms with Gasteiger partial charge in [0, 0.05) is 19.2 Å². The van der Waals surface area contributed by atoms with Crippen LogP contribution in [0.2, 0.25) is 5.02 Å². The van der Waals surface area contributed by atoms with Crippen LogP contribution >= 0.6 is 11.6 Å². The monoisotopic (exact) mass is 403 g/mol. The molecule has 0 aromatic heterocycles. The fourth-order valence-corrected chi connectivity index (χ4v) is 3.18. The predicted molar refractivity (Wildman–Crippen MR) is 107 cm³/mol. The highest BCUT2D eigenvalue weighted by molar-refractivity contribution is 6.32. The predicted octanol–water partition coefficient (Wildman–Crippen LogP) is 4.15. The maximum absolute atomic E-state index is 12.6. The second kappa shape index (κ2) is 8.89. The van der Waals surface area contributed by atoms with Gasteiger partial charge in [0.25, 0.3) is 0 Å². The molecule has 2 aromatic rings. The van der Waals surface area contributed by atoms with Crippen molar-refractivity contribution >= 4 is 23.6 Å². The molecule has 6 nitrogen and oxygen atoms in total. The summed E-state index contributed by atoms with van der Waals surface area (Å²) < 4.78 is 21.2. The molecule has 0 atom stereocenters. The summed E-state index contributed by atoms with van der Waals surface area (Å²) in [5.74, 6) is 2.30. The van der Waals surface area contributed by atoms with E-state index < -0.39 is 0 Å². The van der Waals surface area contributed by atoms with Gasteiger partial charge in [-0.3, -0.25) is 4.79 Å². The zero-order valence-corrected chi connectivity index (χ0v) is 16.8. The molecule has 0 saturated carbocycles. The summed E-state index contributed by atoms with van der Waals surface area (Å²) in [6, 6.07) is 9.15.